The van der Waals surface area contributed by atoms with E-state index in [4.69, 9.17) is 0 Å². The summed E-state index contributed by atoms with van der Waals surface area (Å²) in [6.07, 6.45) is 0. The maximum Gasteiger partial charge on any atom is 0.129 e. The van der Waals surface area contributed by atoms with Crippen LogP contribution in [0.15, 0.2) is 44.4 Å². The molecule has 1 aliphatic heterocycles. The van der Waals surface area contributed by atoms with Gasteiger partial charge in [-0.25, -0.2) is 0 Å². The zero-order chi connectivity index (χ0) is 11.8. The molecule has 0 bridgehead atoms. The molecule has 1 aromatic carbocycles. The highest BCUT2D eigenvalue weighted by atomic mass is 79.9. The van der Waals surface area contributed by atoms with Gasteiger partial charge in [0.2, 0.25) is 0 Å². The Balaban J connectivity index is 1.86. The van der Waals surface area contributed by atoms with Crippen LogP contribution in [-0.2, 0) is 6.54 Å². The van der Waals surface area contributed by atoms with Crippen molar-refractivity contribution in [3.8, 4) is 0 Å². The molecule has 1 aromatic heterocycles. The van der Waals surface area contributed by atoms with Gasteiger partial charge in [0.1, 0.15) is 9.21 Å². The Labute approximate surface area is 121 Å². The standard InChI is InChI=1S/C12H10Br2N2S/c13-11-5-12(14)16(15-11)6-8-7-17-10-4-2-1-3-9(8)10/h1-5,8H,6-7H2. The second-order valence-corrected chi connectivity index (χ2v) is 6.70. The molecule has 1 atom stereocenters. The fourth-order valence-electron chi connectivity index (χ4n) is 2.08. The number of hydrogen-bond acceptors (Lipinski definition) is 2. The smallest absolute Gasteiger partial charge is 0.129 e. The Morgan fingerprint density at radius 2 is 2.18 bits per heavy atom. The number of halogens is 2. The first-order valence-electron chi connectivity index (χ1n) is 5.34. The van der Waals surface area contributed by atoms with Gasteiger partial charge in [-0.1, -0.05) is 18.2 Å². The molecule has 2 aromatic rings. The molecule has 17 heavy (non-hydrogen) atoms. The third-order valence-corrected chi connectivity index (χ3v) is 5.17. The lowest BCUT2D eigenvalue weighted by Gasteiger charge is -2.11. The van der Waals surface area contributed by atoms with Crippen LogP contribution in [0.25, 0.3) is 0 Å². The van der Waals surface area contributed by atoms with Crippen molar-refractivity contribution in [2.45, 2.75) is 17.4 Å². The highest BCUT2D eigenvalue weighted by Gasteiger charge is 2.23. The van der Waals surface area contributed by atoms with Crippen LogP contribution in [-0.4, -0.2) is 15.5 Å². The summed E-state index contributed by atoms with van der Waals surface area (Å²) in [6, 6.07) is 10.6. The highest BCUT2D eigenvalue weighted by molar-refractivity contribution is 9.11. The van der Waals surface area contributed by atoms with Gasteiger partial charge in [0.25, 0.3) is 0 Å². The first-order chi connectivity index (χ1) is 8.24. The summed E-state index contributed by atoms with van der Waals surface area (Å²) in [5.74, 6) is 1.70. The zero-order valence-corrected chi connectivity index (χ0v) is 12.9. The summed E-state index contributed by atoms with van der Waals surface area (Å²) in [4.78, 5) is 1.42. The quantitative estimate of drug-likeness (QED) is 0.781. The average molecular weight is 374 g/mol. The lowest BCUT2D eigenvalue weighted by atomic mass is 10.0. The Bertz CT molecular complexity index is 553. The van der Waals surface area contributed by atoms with Gasteiger partial charge in [-0.3, -0.25) is 4.68 Å². The van der Waals surface area contributed by atoms with Gasteiger partial charge >= 0.3 is 0 Å². The topological polar surface area (TPSA) is 17.8 Å². The molecule has 1 unspecified atom stereocenters. The Morgan fingerprint density at radius 3 is 2.94 bits per heavy atom. The minimum Gasteiger partial charge on any atom is -0.257 e. The Hall–Kier alpha value is -0.260. The summed E-state index contributed by atoms with van der Waals surface area (Å²) >= 11 is 8.86. The van der Waals surface area contributed by atoms with Gasteiger partial charge in [-0.15, -0.1) is 11.8 Å². The van der Waals surface area contributed by atoms with Crippen LogP contribution in [0.4, 0.5) is 0 Å². The maximum atomic E-state index is 4.42. The van der Waals surface area contributed by atoms with E-state index >= 15 is 0 Å². The number of benzene rings is 1. The number of thioether (sulfide) groups is 1. The van der Waals surface area contributed by atoms with Crippen molar-refractivity contribution in [3.63, 3.8) is 0 Å². The van der Waals surface area contributed by atoms with E-state index in [0.29, 0.717) is 5.92 Å². The SMILES string of the molecule is Brc1cc(Br)n(CC2CSc3ccccc32)n1. The van der Waals surface area contributed by atoms with Gasteiger partial charge in [-0.05, 0) is 43.5 Å². The molecule has 3 rings (SSSR count). The highest BCUT2D eigenvalue weighted by Crippen LogP contribution is 2.40. The van der Waals surface area contributed by atoms with Crippen LogP contribution in [0.5, 0.6) is 0 Å². The minimum atomic E-state index is 0.555. The van der Waals surface area contributed by atoms with Crippen molar-refractivity contribution < 1.29 is 0 Å². The molecule has 5 heteroatoms. The van der Waals surface area contributed by atoms with Crippen molar-refractivity contribution >= 4 is 43.6 Å². The van der Waals surface area contributed by atoms with Gasteiger partial charge < -0.3 is 0 Å². The van der Waals surface area contributed by atoms with E-state index in [1.54, 1.807) is 0 Å². The molecule has 0 aliphatic carbocycles. The van der Waals surface area contributed by atoms with Crippen LogP contribution in [0.1, 0.15) is 11.5 Å². The maximum absolute atomic E-state index is 4.42. The number of nitrogens with zero attached hydrogens (tertiary/aromatic N) is 2. The molecule has 0 spiro atoms. The normalized spacial score (nSPS) is 18.4. The van der Waals surface area contributed by atoms with Crippen molar-refractivity contribution in [1.29, 1.82) is 0 Å². The van der Waals surface area contributed by atoms with E-state index in [1.807, 2.05) is 22.5 Å². The third-order valence-electron chi connectivity index (χ3n) is 2.89. The Morgan fingerprint density at radius 1 is 1.35 bits per heavy atom. The van der Waals surface area contributed by atoms with E-state index in [-0.39, 0.29) is 0 Å². The number of hydrogen-bond donors (Lipinski definition) is 0. The largest absolute Gasteiger partial charge is 0.257 e. The molecule has 0 radical (unpaired) electrons. The monoisotopic (exact) mass is 372 g/mol. The van der Waals surface area contributed by atoms with Gasteiger partial charge in [0.15, 0.2) is 0 Å². The van der Waals surface area contributed by atoms with Crippen LogP contribution >= 0.6 is 43.6 Å². The molecule has 88 valence electrons. The van der Waals surface area contributed by atoms with Crippen molar-refractivity contribution in [1.82, 2.24) is 9.78 Å². The number of rotatable bonds is 2. The Kier molecular flexibility index (Phi) is 3.32. The molecule has 0 amide bonds. The molecule has 1 aliphatic rings. The number of fused-ring (bicyclic) bond motifs is 1. The first kappa shape index (κ1) is 11.8. The second-order valence-electron chi connectivity index (χ2n) is 4.02. The molecule has 0 N–H and O–H groups in total. The van der Waals surface area contributed by atoms with E-state index in [1.165, 1.54) is 10.5 Å². The second kappa shape index (κ2) is 4.78. The van der Waals surface area contributed by atoms with Crippen LogP contribution in [0, 0.1) is 0 Å². The lowest BCUT2D eigenvalue weighted by Crippen LogP contribution is -2.10. The molecular formula is C12H10Br2N2S. The van der Waals surface area contributed by atoms with Gasteiger partial charge in [0.05, 0.1) is 0 Å². The molecule has 0 saturated carbocycles. The van der Waals surface area contributed by atoms with Crippen LogP contribution in [0.3, 0.4) is 0 Å². The summed E-state index contributed by atoms with van der Waals surface area (Å²) in [7, 11) is 0. The van der Waals surface area contributed by atoms with E-state index < -0.39 is 0 Å². The average Bonchev–Trinajstić information content (AvgIpc) is 2.85. The molecular weight excluding hydrogens is 364 g/mol. The van der Waals surface area contributed by atoms with Crippen molar-refractivity contribution in [2.24, 2.45) is 0 Å². The lowest BCUT2D eigenvalue weighted by molar-refractivity contribution is 0.538. The van der Waals surface area contributed by atoms with Crippen molar-refractivity contribution in [2.75, 3.05) is 5.75 Å². The molecule has 2 heterocycles. The summed E-state index contributed by atoms with van der Waals surface area (Å²) < 4.78 is 3.92. The summed E-state index contributed by atoms with van der Waals surface area (Å²) in [5.41, 5.74) is 1.45. The number of aromatic nitrogens is 2. The minimum absolute atomic E-state index is 0.555. The van der Waals surface area contributed by atoms with Crippen molar-refractivity contribution in [3.05, 3.63) is 45.1 Å². The van der Waals surface area contributed by atoms with Gasteiger partial charge in [-0.2, -0.15) is 5.10 Å². The predicted molar refractivity (Wildman–Crippen MR) is 77.5 cm³/mol. The summed E-state index contributed by atoms with van der Waals surface area (Å²) in [5, 5.41) is 4.42. The van der Waals surface area contributed by atoms with Crippen LogP contribution in [0.2, 0.25) is 0 Å². The van der Waals surface area contributed by atoms with E-state index in [0.717, 1.165) is 21.5 Å². The molecule has 2 nitrogen and oxygen atoms in total. The fourth-order valence-corrected chi connectivity index (χ4v) is 4.48. The van der Waals surface area contributed by atoms with Crippen LogP contribution < -0.4 is 0 Å². The zero-order valence-electron chi connectivity index (χ0n) is 8.94. The first-order valence-corrected chi connectivity index (χ1v) is 7.92. The van der Waals surface area contributed by atoms with E-state index in [9.17, 15) is 0 Å². The van der Waals surface area contributed by atoms with Gasteiger partial charge in [0, 0.05) is 29.2 Å². The predicted octanol–water partition coefficient (Wildman–Crippen LogP) is 4.30. The summed E-state index contributed by atoms with van der Waals surface area (Å²) in [6.45, 7) is 0.927. The molecule has 0 fully saturated rings. The molecule has 0 saturated heterocycles. The fraction of sp³-hybridized carbons (Fsp3) is 0.250. The third kappa shape index (κ3) is 2.33. The van der Waals surface area contributed by atoms with E-state index in [2.05, 4.69) is 61.2 Å².